The summed E-state index contributed by atoms with van der Waals surface area (Å²) in [4.78, 5) is 35.9. The van der Waals surface area contributed by atoms with Gasteiger partial charge in [0.15, 0.2) is 6.61 Å². The van der Waals surface area contributed by atoms with Crippen molar-refractivity contribution < 1.29 is 23.9 Å². The lowest BCUT2D eigenvalue weighted by Gasteiger charge is -2.11. The van der Waals surface area contributed by atoms with Gasteiger partial charge in [-0.05, 0) is 50.1 Å². The average molecular weight is 370 g/mol. The Labute approximate surface area is 157 Å². The van der Waals surface area contributed by atoms with Crippen LogP contribution in [0.2, 0.25) is 0 Å². The van der Waals surface area contributed by atoms with E-state index >= 15 is 0 Å². The van der Waals surface area contributed by atoms with Crippen LogP contribution in [-0.2, 0) is 9.53 Å². The van der Waals surface area contributed by atoms with Gasteiger partial charge in [-0.15, -0.1) is 0 Å². The van der Waals surface area contributed by atoms with Gasteiger partial charge in [0.2, 0.25) is 0 Å². The topological polar surface area (TPSA) is 93.7 Å². The third kappa shape index (κ3) is 5.57. The van der Waals surface area contributed by atoms with Crippen molar-refractivity contribution in [2.75, 3.05) is 18.5 Å². The van der Waals surface area contributed by atoms with Crippen molar-refractivity contribution in [3.63, 3.8) is 0 Å². The van der Waals surface area contributed by atoms with E-state index < -0.39 is 24.5 Å². The van der Waals surface area contributed by atoms with Crippen molar-refractivity contribution in [2.24, 2.45) is 0 Å². The molecule has 7 nitrogen and oxygen atoms in total. The van der Waals surface area contributed by atoms with Crippen molar-refractivity contribution >= 4 is 23.6 Å². The van der Waals surface area contributed by atoms with Crippen LogP contribution in [0.4, 0.5) is 10.5 Å². The zero-order chi connectivity index (χ0) is 19.8. The molecule has 0 aliphatic rings. The Morgan fingerprint density at radius 2 is 1.74 bits per heavy atom. The monoisotopic (exact) mass is 370 g/mol. The Hall–Kier alpha value is -3.35. The summed E-state index contributed by atoms with van der Waals surface area (Å²) in [5.74, 6) is -1.07. The summed E-state index contributed by atoms with van der Waals surface area (Å²) in [6, 6.07) is 11.3. The van der Waals surface area contributed by atoms with E-state index in [0.29, 0.717) is 18.0 Å². The smallest absolute Gasteiger partial charge is 0.342 e. The summed E-state index contributed by atoms with van der Waals surface area (Å²) >= 11 is 0. The normalized spacial score (nSPS) is 10.0. The first kappa shape index (κ1) is 20.0. The van der Waals surface area contributed by atoms with Gasteiger partial charge < -0.3 is 14.8 Å². The van der Waals surface area contributed by atoms with Crippen LogP contribution in [0.25, 0.3) is 0 Å². The maximum Gasteiger partial charge on any atom is 0.342 e. The number of benzene rings is 2. The predicted octanol–water partition coefficient (Wildman–Crippen LogP) is 3.21. The average Bonchev–Trinajstić information content (AvgIpc) is 2.64. The van der Waals surface area contributed by atoms with Gasteiger partial charge in [-0.2, -0.15) is 0 Å². The Morgan fingerprint density at radius 1 is 1.00 bits per heavy atom. The second kappa shape index (κ2) is 9.38. The number of aryl methyl sites for hydroxylation is 1. The molecule has 2 aromatic carbocycles. The van der Waals surface area contributed by atoms with Crippen LogP contribution in [0.1, 0.15) is 28.4 Å². The van der Waals surface area contributed by atoms with Crippen molar-refractivity contribution in [2.45, 2.75) is 20.8 Å². The Bertz CT molecular complexity index is 848. The van der Waals surface area contributed by atoms with E-state index in [1.165, 1.54) is 0 Å². The summed E-state index contributed by atoms with van der Waals surface area (Å²) < 4.78 is 10.3. The van der Waals surface area contributed by atoms with E-state index in [9.17, 15) is 14.4 Å². The van der Waals surface area contributed by atoms with Gasteiger partial charge in [-0.25, -0.2) is 9.59 Å². The van der Waals surface area contributed by atoms with Crippen LogP contribution in [-0.4, -0.2) is 31.1 Å². The number of ether oxygens (including phenoxy) is 2. The molecule has 3 amide bonds. The first-order chi connectivity index (χ1) is 12.9. The minimum absolute atomic E-state index is 0.215. The molecule has 0 aliphatic carbocycles. The molecular weight excluding hydrogens is 348 g/mol. The Kier molecular flexibility index (Phi) is 6.93. The molecular formula is C20H22N2O5. The highest BCUT2D eigenvalue weighted by atomic mass is 16.5. The fourth-order valence-corrected chi connectivity index (χ4v) is 2.33. The molecule has 0 heterocycles. The first-order valence-electron chi connectivity index (χ1n) is 8.48. The number of rotatable bonds is 6. The highest BCUT2D eigenvalue weighted by Gasteiger charge is 2.16. The van der Waals surface area contributed by atoms with Crippen LogP contribution in [0, 0.1) is 13.8 Å². The molecule has 0 bridgehead atoms. The summed E-state index contributed by atoms with van der Waals surface area (Å²) in [6.07, 6.45) is 0. The standard InChI is InChI=1S/C20H22N2O5/c1-4-26-17-11-6-5-9-15(17)19(24)27-12-18(23)22-20(25)21-16-10-7-8-13(2)14(16)3/h5-11H,4,12H2,1-3H3,(H2,21,22,23,25). The lowest BCUT2D eigenvalue weighted by Crippen LogP contribution is -2.37. The Balaban J connectivity index is 1.88. The SMILES string of the molecule is CCOc1ccccc1C(=O)OCC(=O)NC(=O)Nc1cccc(C)c1C. The molecule has 7 heteroatoms. The second-order valence-corrected chi connectivity index (χ2v) is 5.76. The highest BCUT2D eigenvalue weighted by Crippen LogP contribution is 2.19. The van der Waals surface area contributed by atoms with E-state index in [1.54, 1.807) is 43.3 Å². The minimum atomic E-state index is -0.736. The largest absolute Gasteiger partial charge is 0.493 e. The zero-order valence-corrected chi connectivity index (χ0v) is 15.5. The molecule has 0 fully saturated rings. The third-order valence-corrected chi connectivity index (χ3v) is 3.85. The number of carbonyl (C=O) groups excluding carboxylic acids is 3. The van der Waals surface area contributed by atoms with Crippen molar-refractivity contribution in [3.05, 3.63) is 59.2 Å². The number of anilines is 1. The number of hydrogen-bond acceptors (Lipinski definition) is 5. The van der Waals surface area contributed by atoms with Crippen molar-refractivity contribution in [1.29, 1.82) is 0 Å². The van der Waals surface area contributed by atoms with E-state index in [2.05, 4.69) is 10.6 Å². The minimum Gasteiger partial charge on any atom is -0.493 e. The van der Waals surface area contributed by atoms with Crippen molar-refractivity contribution in [1.82, 2.24) is 5.32 Å². The van der Waals surface area contributed by atoms with Gasteiger partial charge in [0, 0.05) is 5.69 Å². The molecule has 0 aliphatic heterocycles. The number of urea groups is 1. The van der Waals surface area contributed by atoms with Gasteiger partial charge in [-0.1, -0.05) is 24.3 Å². The van der Waals surface area contributed by atoms with E-state index in [4.69, 9.17) is 9.47 Å². The lowest BCUT2D eigenvalue weighted by atomic mass is 10.1. The summed E-state index contributed by atoms with van der Waals surface area (Å²) in [5, 5.41) is 4.72. The van der Waals surface area contributed by atoms with Crippen LogP contribution < -0.4 is 15.4 Å². The number of para-hydroxylation sites is 1. The van der Waals surface area contributed by atoms with Gasteiger partial charge in [0.25, 0.3) is 5.91 Å². The fraction of sp³-hybridized carbons (Fsp3) is 0.250. The fourth-order valence-electron chi connectivity index (χ4n) is 2.33. The second-order valence-electron chi connectivity index (χ2n) is 5.76. The molecule has 142 valence electrons. The van der Waals surface area contributed by atoms with Crippen LogP contribution in [0.5, 0.6) is 5.75 Å². The number of hydrogen-bond donors (Lipinski definition) is 2. The quantitative estimate of drug-likeness (QED) is 0.762. The number of amides is 3. The van der Waals surface area contributed by atoms with Crippen LogP contribution in [0.3, 0.4) is 0 Å². The molecule has 0 aromatic heterocycles. The van der Waals surface area contributed by atoms with E-state index in [-0.39, 0.29) is 5.56 Å². The summed E-state index contributed by atoms with van der Waals surface area (Å²) in [6.45, 7) is 5.39. The molecule has 2 N–H and O–H groups in total. The third-order valence-electron chi connectivity index (χ3n) is 3.85. The van der Waals surface area contributed by atoms with E-state index in [1.807, 2.05) is 19.9 Å². The molecule has 0 radical (unpaired) electrons. The molecule has 2 aromatic rings. The predicted molar refractivity (Wildman–Crippen MR) is 101 cm³/mol. The number of carbonyl (C=O) groups is 3. The van der Waals surface area contributed by atoms with Crippen LogP contribution >= 0.6 is 0 Å². The van der Waals surface area contributed by atoms with Gasteiger partial charge in [-0.3, -0.25) is 10.1 Å². The van der Waals surface area contributed by atoms with Gasteiger partial charge >= 0.3 is 12.0 Å². The number of imide groups is 1. The molecule has 0 saturated carbocycles. The highest BCUT2D eigenvalue weighted by molar-refractivity contribution is 6.02. The van der Waals surface area contributed by atoms with Gasteiger partial charge in [0.1, 0.15) is 11.3 Å². The molecule has 0 atom stereocenters. The van der Waals surface area contributed by atoms with E-state index in [0.717, 1.165) is 11.1 Å². The summed E-state index contributed by atoms with van der Waals surface area (Å²) in [7, 11) is 0. The number of nitrogens with one attached hydrogen (secondary N) is 2. The molecule has 0 saturated heterocycles. The first-order valence-corrected chi connectivity index (χ1v) is 8.48. The number of esters is 1. The summed E-state index contributed by atoms with van der Waals surface area (Å²) in [5.41, 5.74) is 2.73. The molecule has 27 heavy (non-hydrogen) atoms. The van der Waals surface area contributed by atoms with Crippen LogP contribution in [0.15, 0.2) is 42.5 Å². The van der Waals surface area contributed by atoms with Gasteiger partial charge in [0.05, 0.1) is 6.61 Å². The maximum absolute atomic E-state index is 12.1. The Morgan fingerprint density at radius 3 is 2.48 bits per heavy atom. The molecule has 0 unspecified atom stereocenters. The molecule has 0 spiro atoms. The lowest BCUT2D eigenvalue weighted by molar-refractivity contribution is -0.123. The van der Waals surface area contributed by atoms with Crippen molar-refractivity contribution in [3.8, 4) is 5.75 Å². The molecule has 2 rings (SSSR count). The zero-order valence-electron chi connectivity index (χ0n) is 15.5. The maximum atomic E-state index is 12.1.